The Morgan fingerprint density at radius 1 is 1.00 bits per heavy atom. The summed E-state index contributed by atoms with van der Waals surface area (Å²) in [5.41, 5.74) is 2.00. The van der Waals surface area contributed by atoms with Crippen molar-refractivity contribution in [3.8, 4) is 11.5 Å². The minimum Gasteiger partial charge on any atom is -0.487 e. The van der Waals surface area contributed by atoms with Crippen LogP contribution in [0.1, 0.15) is 11.3 Å². The van der Waals surface area contributed by atoms with Crippen LogP contribution >= 0.6 is 0 Å². The Morgan fingerprint density at radius 3 is 2.62 bits per heavy atom. The third kappa shape index (κ3) is 5.31. The molecule has 1 fully saturated rings. The first kappa shape index (κ1) is 19.4. The highest BCUT2D eigenvalue weighted by Crippen LogP contribution is 2.22. The van der Waals surface area contributed by atoms with Gasteiger partial charge in [0.1, 0.15) is 36.1 Å². The second-order valence-corrected chi connectivity index (χ2v) is 7.13. The van der Waals surface area contributed by atoms with Crippen LogP contribution in [0.2, 0.25) is 0 Å². The summed E-state index contributed by atoms with van der Waals surface area (Å²) >= 11 is 0. The zero-order valence-corrected chi connectivity index (χ0v) is 15.9. The van der Waals surface area contributed by atoms with Crippen LogP contribution in [0, 0.1) is 5.82 Å². The largest absolute Gasteiger partial charge is 0.487 e. The summed E-state index contributed by atoms with van der Waals surface area (Å²) in [5, 5.41) is 10.3. The van der Waals surface area contributed by atoms with Gasteiger partial charge in [-0.15, -0.1) is 0 Å². The number of pyridine rings is 1. The molecule has 29 heavy (non-hydrogen) atoms. The Labute approximate surface area is 169 Å². The van der Waals surface area contributed by atoms with Gasteiger partial charge >= 0.3 is 0 Å². The summed E-state index contributed by atoms with van der Waals surface area (Å²) in [6.07, 6.45) is 0.759. The highest BCUT2D eigenvalue weighted by molar-refractivity contribution is 5.28. The minimum absolute atomic E-state index is 0.350. The molecule has 0 spiro atoms. The second kappa shape index (κ2) is 9.03. The SMILES string of the molecule is O[C@@H]1CN(Cc2ccc(OCc3ccccn3)cc2)C[C@H]1Oc1cccc(F)c1. The van der Waals surface area contributed by atoms with E-state index < -0.39 is 6.10 Å². The fourth-order valence-electron chi connectivity index (χ4n) is 3.38. The molecular weight excluding hydrogens is 371 g/mol. The first-order chi connectivity index (χ1) is 14.2. The maximum atomic E-state index is 13.3. The lowest BCUT2D eigenvalue weighted by molar-refractivity contribution is 0.0734. The van der Waals surface area contributed by atoms with Gasteiger partial charge in [0.2, 0.25) is 0 Å². The highest BCUT2D eigenvalue weighted by atomic mass is 19.1. The molecule has 0 amide bonds. The Kier molecular flexibility index (Phi) is 6.03. The number of aromatic nitrogens is 1. The van der Waals surface area contributed by atoms with Crippen molar-refractivity contribution in [1.29, 1.82) is 0 Å². The molecule has 1 saturated heterocycles. The second-order valence-electron chi connectivity index (χ2n) is 7.13. The topological polar surface area (TPSA) is 54.8 Å². The van der Waals surface area contributed by atoms with E-state index >= 15 is 0 Å². The molecule has 2 aromatic carbocycles. The molecule has 1 N–H and O–H groups in total. The van der Waals surface area contributed by atoms with Crippen molar-refractivity contribution >= 4 is 0 Å². The van der Waals surface area contributed by atoms with Crippen LogP contribution in [0.5, 0.6) is 11.5 Å². The Hall–Kier alpha value is -2.96. The van der Waals surface area contributed by atoms with E-state index in [2.05, 4.69) is 9.88 Å². The Balaban J connectivity index is 1.29. The van der Waals surface area contributed by atoms with Gasteiger partial charge in [-0.05, 0) is 42.0 Å². The van der Waals surface area contributed by atoms with Gasteiger partial charge in [0.25, 0.3) is 0 Å². The van der Waals surface area contributed by atoms with E-state index in [1.54, 1.807) is 18.3 Å². The van der Waals surface area contributed by atoms with Crippen molar-refractivity contribution in [3.63, 3.8) is 0 Å². The number of ether oxygens (including phenoxy) is 2. The summed E-state index contributed by atoms with van der Waals surface area (Å²) in [5.74, 6) is 0.871. The van der Waals surface area contributed by atoms with Gasteiger partial charge in [-0.1, -0.05) is 24.3 Å². The number of rotatable bonds is 7. The zero-order chi connectivity index (χ0) is 20.1. The number of hydrogen-bond donors (Lipinski definition) is 1. The number of aliphatic hydroxyl groups is 1. The average Bonchev–Trinajstić information content (AvgIpc) is 3.07. The molecule has 1 aliphatic rings. The fourth-order valence-corrected chi connectivity index (χ4v) is 3.38. The first-order valence-electron chi connectivity index (χ1n) is 9.60. The van der Waals surface area contributed by atoms with Crippen LogP contribution in [0.15, 0.2) is 72.9 Å². The molecule has 6 heteroatoms. The molecule has 0 bridgehead atoms. The molecule has 150 valence electrons. The smallest absolute Gasteiger partial charge is 0.138 e. The molecule has 3 aromatic rings. The van der Waals surface area contributed by atoms with E-state index in [0.717, 1.165) is 17.0 Å². The molecule has 1 aliphatic heterocycles. The molecule has 2 atom stereocenters. The van der Waals surface area contributed by atoms with Crippen molar-refractivity contribution in [1.82, 2.24) is 9.88 Å². The fraction of sp³-hybridized carbons (Fsp3) is 0.261. The lowest BCUT2D eigenvalue weighted by Crippen LogP contribution is -2.29. The summed E-state index contributed by atoms with van der Waals surface area (Å²) in [4.78, 5) is 6.36. The normalized spacial score (nSPS) is 19.2. The standard InChI is InChI=1S/C23H23FN2O3/c24-18-4-3-6-21(12-18)29-23-15-26(14-22(23)27)13-17-7-9-20(10-8-17)28-16-19-5-1-2-11-25-19/h1-12,22-23,27H,13-16H2/t22-,23-/m1/s1. The third-order valence-electron chi connectivity index (χ3n) is 4.84. The van der Waals surface area contributed by atoms with Crippen molar-refractivity contribution in [2.75, 3.05) is 13.1 Å². The van der Waals surface area contributed by atoms with Crippen LogP contribution in [-0.2, 0) is 13.2 Å². The molecule has 0 radical (unpaired) electrons. The first-order valence-corrected chi connectivity index (χ1v) is 9.60. The van der Waals surface area contributed by atoms with Crippen molar-refractivity contribution in [3.05, 3.63) is 90.0 Å². The van der Waals surface area contributed by atoms with E-state index in [1.165, 1.54) is 12.1 Å². The molecule has 0 unspecified atom stereocenters. The van der Waals surface area contributed by atoms with Gasteiger partial charge in [-0.3, -0.25) is 9.88 Å². The van der Waals surface area contributed by atoms with Crippen LogP contribution in [0.4, 0.5) is 4.39 Å². The molecule has 4 rings (SSSR count). The maximum absolute atomic E-state index is 13.3. The van der Waals surface area contributed by atoms with Crippen LogP contribution in [-0.4, -0.2) is 40.3 Å². The maximum Gasteiger partial charge on any atom is 0.138 e. The predicted molar refractivity (Wildman–Crippen MR) is 107 cm³/mol. The van der Waals surface area contributed by atoms with Crippen molar-refractivity contribution in [2.45, 2.75) is 25.4 Å². The van der Waals surface area contributed by atoms with E-state index in [1.807, 2.05) is 42.5 Å². The number of β-amino-alcohol motifs (C(OH)–C–C–N with tert-alkyl or cyclic N) is 1. The molecule has 2 heterocycles. The molecule has 0 aliphatic carbocycles. The summed E-state index contributed by atoms with van der Waals surface area (Å²) in [7, 11) is 0. The van der Waals surface area contributed by atoms with E-state index in [9.17, 15) is 9.50 Å². The van der Waals surface area contributed by atoms with E-state index in [4.69, 9.17) is 9.47 Å². The molecule has 0 saturated carbocycles. The Bertz CT molecular complexity index is 921. The van der Waals surface area contributed by atoms with Gasteiger partial charge in [-0.2, -0.15) is 0 Å². The predicted octanol–water partition coefficient (Wildman–Crippen LogP) is 3.42. The van der Waals surface area contributed by atoms with Crippen LogP contribution in [0.25, 0.3) is 0 Å². The third-order valence-corrected chi connectivity index (χ3v) is 4.84. The van der Waals surface area contributed by atoms with Crippen molar-refractivity contribution < 1.29 is 19.0 Å². The highest BCUT2D eigenvalue weighted by Gasteiger charge is 2.33. The average molecular weight is 394 g/mol. The van der Waals surface area contributed by atoms with Gasteiger partial charge < -0.3 is 14.6 Å². The molecule has 5 nitrogen and oxygen atoms in total. The number of nitrogens with zero attached hydrogens (tertiary/aromatic N) is 2. The van der Waals surface area contributed by atoms with Crippen LogP contribution < -0.4 is 9.47 Å². The lowest BCUT2D eigenvalue weighted by atomic mass is 10.2. The van der Waals surface area contributed by atoms with Crippen molar-refractivity contribution in [2.24, 2.45) is 0 Å². The summed E-state index contributed by atoms with van der Waals surface area (Å²) in [6, 6.07) is 19.6. The van der Waals surface area contributed by atoms with E-state index in [-0.39, 0.29) is 11.9 Å². The van der Waals surface area contributed by atoms with Gasteiger partial charge in [0.15, 0.2) is 0 Å². The number of halogens is 1. The zero-order valence-electron chi connectivity index (χ0n) is 15.9. The van der Waals surface area contributed by atoms with Gasteiger partial charge in [0, 0.05) is 31.9 Å². The lowest BCUT2D eigenvalue weighted by Gasteiger charge is -2.17. The Morgan fingerprint density at radius 2 is 1.86 bits per heavy atom. The van der Waals surface area contributed by atoms with E-state index in [0.29, 0.717) is 32.0 Å². The van der Waals surface area contributed by atoms with Gasteiger partial charge in [0.05, 0.1) is 5.69 Å². The minimum atomic E-state index is -0.612. The number of benzene rings is 2. The number of likely N-dealkylation sites (tertiary alicyclic amines) is 1. The number of aliphatic hydroxyl groups excluding tert-OH is 1. The molecular formula is C23H23FN2O3. The monoisotopic (exact) mass is 394 g/mol. The summed E-state index contributed by atoms with van der Waals surface area (Å²) < 4.78 is 24.9. The quantitative estimate of drug-likeness (QED) is 0.666. The summed E-state index contributed by atoms with van der Waals surface area (Å²) in [6.45, 7) is 2.21. The number of hydrogen-bond acceptors (Lipinski definition) is 5. The molecule has 1 aromatic heterocycles. The van der Waals surface area contributed by atoms with Gasteiger partial charge in [-0.25, -0.2) is 4.39 Å². The van der Waals surface area contributed by atoms with Crippen LogP contribution in [0.3, 0.4) is 0 Å².